The summed E-state index contributed by atoms with van der Waals surface area (Å²) in [6, 6.07) is 12.1. The number of carbonyl (C=O) groups excluding carboxylic acids is 1. The van der Waals surface area contributed by atoms with E-state index in [9.17, 15) is 4.79 Å². The highest BCUT2D eigenvalue weighted by Crippen LogP contribution is 2.33. The second kappa shape index (κ2) is 6.44. The molecule has 0 aliphatic carbocycles. The van der Waals surface area contributed by atoms with Gasteiger partial charge in [0, 0.05) is 23.3 Å². The number of aromatic nitrogens is 1. The first-order chi connectivity index (χ1) is 9.75. The number of carbonyl (C=O) groups is 1. The topological polar surface area (TPSA) is 30.0 Å². The molecule has 102 valence electrons. The van der Waals surface area contributed by atoms with Gasteiger partial charge in [0.05, 0.1) is 9.58 Å². The van der Waals surface area contributed by atoms with Gasteiger partial charge in [0.15, 0.2) is 5.78 Å². The fraction of sp³-hybridized carbons (Fsp3) is 0.176. The van der Waals surface area contributed by atoms with Gasteiger partial charge in [-0.05, 0) is 18.6 Å². The van der Waals surface area contributed by atoms with Crippen molar-refractivity contribution in [1.29, 1.82) is 0 Å². The van der Waals surface area contributed by atoms with E-state index in [0.717, 1.165) is 26.1 Å². The lowest BCUT2D eigenvalue weighted by molar-refractivity contribution is 0.102. The Hall–Kier alpha value is -2.00. The Morgan fingerprint density at radius 2 is 1.80 bits per heavy atom. The minimum atomic E-state index is 0.107. The summed E-state index contributed by atoms with van der Waals surface area (Å²) in [4.78, 5) is 16.5. The van der Waals surface area contributed by atoms with Gasteiger partial charge in [-0.3, -0.25) is 9.78 Å². The van der Waals surface area contributed by atoms with Crippen LogP contribution in [0.3, 0.4) is 0 Å². The number of hydrogen-bond donors (Lipinski definition) is 0. The van der Waals surface area contributed by atoms with Crippen LogP contribution < -0.4 is 0 Å². The van der Waals surface area contributed by atoms with Gasteiger partial charge in [-0.15, -0.1) is 11.3 Å². The predicted octanol–water partition coefficient (Wildman–Crippen LogP) is 5.19. The minimum Gasteiger partial charge on any atom is -0.294 e. The molecule has 0 bridgehead atoms. The fourth-order valence-corrected chi connectivity index (χ4v) is 2.93. The van der Waals surface area contributed by atoms with E-state index in [1.54, 1.807) is 6.92 Å². The number of rotatable bonds is 2. The van der Waals surface area contributed by atoms with Crippen molar-refractivity contribution in [2.45, 2.75) is 20.8 Å². The third-order valence-corrected chi connectivity index (χ3v) is 4.05. The van der Waals surface area contributed by atoms with Crippen molar-refractivity contribution >= 4 is 27.2 Å². The first-order valence-electron chi connectivity index (χ1n) is 6.69. The Kier molecular flexibility index (Phi) is 4.64. The van der Waals surface area contributed by atoms with Gasteiger partial charge in [0.25, 0.3) is 0 Å². The molecule has 20 heavy (non-hydrogen) atoms. The second-order valence-corrected chi connectivity index (χ2v) is 5.22. The molecule has 0 unspecified atom stereocenters. The molecule has 0 fully saturated rings. The van der Waals surface area contributed by atoms with Crippen molar-refractivity contribution in [2.75, 3.05) is 0 Å². The average molecular weight is 283 g/mol. The largest absolute Gasteiger partial charge is 0.294 e. The average Bonchev–Trinajstić information content (AvgIpc) is 2.94. The van der Waals surface area contributed by atoms with Crippen LogP contribution >= 0.6 is 11.3 Å². The Morgan fingerprint density at radius 3 is 2.45 bits per heavy atom. The summed E-state index contributed by atoms with van der Waals surface area (Å²) in [5.41, 5.74) is 2.21. The molecule has 0 saturated heterocycles. The third-order valence-electron chi connectivity index (χ3n) is 2.88. The maximum absolute atomic E-state index is 11.5. The van der Waals surface area contributed by atoms with Gasteiger partial charge in [-0.1, -0.05) is 44.2 Å². The number of fused-ring (bicyclic) bond motifs is 1. The molecule has 2 nitrogen and oxygen atoms in total. The van der Waals surface area contributed by atoms with Gasteiger partial charge in [0.1, 0.15) is 0 Å². The molecule has 2 heterocycles. The summed E-state index contributed by atoms with van der Waals surface area (Å²) in [6.07, 6.45) is 3.67. The molecule has 2 aromatic heterocycles. The molecule has 0 spiro atoms. The van der Waals surface area contributed by atoms with Crippen LogP contribution in [0.1, 0.15) is 30.4 Å². The summed E-state index contributed by atoms with van der Waals surface area (Å²) in [5, 5.41) is 1.10. The number of hydrogen-bond acceptors (Lipinski definition) is 3. The van der Waals surface area contributed by atoms with Crippen LogP contribution in [-0.4, -0.2) is 10.8 Å². The van der Waals surface area contributed by atoms with Crippen molar-refractivity contribution in [3.8, 4) is 11.1 Å². The minimum absolute atomic E-state index is 0.107. The fourth-order valence-electron chi connectivity index (χ4n) is 1.98. The highest BCUT2D eigenvalue weighted by molar-refractivity contribution is 7.20. The molecule has 3 heteroatoms. The van der Waals surface area contributed by atoms with E-state index in [1.165, 1.54) is 11.3 Å². The molecule has 1 aromatic carbocycles. The van der Waals surface area contributed by atoms with Crippen LogP contribution in [-0.2, 0) is 0 Å². The SMILES string of the molecule is CC.CC(=O)c1cc2c(-c3ccccc3)cncc2s1. The van der Waals surface area contributed by atoms with E-state index in [4.69, 9.17) is 0 Å². The first-order valence-corrected chi connectivity index (χ1v) is 7.51. The van der Waals surface area contributed by atoms with Crippen LogP contribution in [0.2, 0.25) is 0 Å². The van der Waals surface area contributed by atoms with Crippen molar-refractivity contribution < 1.29 is 4.79 Å². The molecule has 3 aromatic rings. The van der Waals surface area contributed by atoms with E-state index >= 15 is 0 Å². The molecule has 0 saturated carbocycles. The molecule has 0 N–H and O–H groups in total. The summed E-state index contributed by atoms with van der Waals surface area (Å²) >= 11 is 1.50. The normalized spacial score (nSPS) is 9.95. The highest BCUT2D eigenvalue weighted by atomic mass is 32.1. The van der Waals surface area contributed by atoms with Crippen molar-refractivity contribution in [1.82, 2.24) is 4.98 Å². The standard InChI is InChI=1S/C15H11NOS.C2H6/c1-10(17)14-7-12-13(8-16-9-15(12)18-14)11-5-3-2-4-6-11;1-2/h2-9H,1H3;1-2H3. The van der Waals surface area contributed by atoms with Gasteiger partial charge in [-0.25, -0.2) is 0 Å². The highest BCUT2D eigenvalue weighted by Gasteiger charge is 2.10. The van der Waals surface area contributed by atoms with E-state index in [1.807, 2.05) is 50.5 Å². The van der Waals surface area contributed by atoms with Gasteiger partial charge < -0.3 is 0 Å². The molecular weight excluding hydrogens is 266 g/mol. The Labute approximate surface area is 123 Å². The molecule has 0 radical (unpaired) electrons. The van der Waals surface area contributed by atoms with Crippen LogP contribution in [0.4, 0.5) is 0 Å². The Morgan fingerprint density at radius 1 is 1.10 bits per heavy atom. The van der Waals surface area contributed by atoms with Crippen molar-refractivity contribution in [2.24, 2.45) is 0 Å². The number of benzene rings is 1. The number of Topliss-reactive ketones (excluding diaryl/α,β-unsaturated/α-hetero) is 1. The maximum atomic E-state index is 11.5. The summed E-state index contributed by atoms with van der Waals surface area (Å²) in [7, 11) is 0. The molecule has 3 rings (SSSR count). The first kappa shape index (κ1) is 14.4. The number of pyridine rings is 1. The summed E-state index contributed by atoms with van der Waals surface area (Å²) < 4.78 is 1.06. The van der Waals surface area contributed by atoms with Gasteiger partial charge >= 0.3 is 0 Å². The Balaban J connectivity index is 0.000000704. The zero-order valence-electron chi connectivity index (χ0n) is 11.9. The van der Waals surface area contributed by atoms with Gasteiger partial charge in [0.2, 0.25) is 0 Å². The molecule has 0 aliphatic heterocycles. The lowest BCUT2D eigenvalue weighted by Crippen LogP contribution is -1.84. The number of ketones is 1. The molecule has 0 amide bonds. The molecule has 0 aliphatic rings. The van der Waals surface area contributed by atoms with Crippen molar-refractivity contribution in [3.63, 3.8) is 0 Å². The zero-order valence-corrected chi connectivity index (χ0v) is 12.7. The number of thiophene rings is 1. The van der Waals surface area contributed by atoms with Crippen LogP contribution in [0.5, 0.6) is 0 Å². The van der Waals surface area contributed by atoms with Crippen LogP contribution in [0, 0.1) is 0 Å². The monoisotopic (exact) mass is 283 g/mol. The summed E-state index contributed by atoms with van der Waals surface area (Å²) in [6.45, 7) is 5.60. The lowest BCUT2D eigenvalue weighted by atomic mass is 10.0. The van der Waals surface area contributed by atoms with E-state index in [-0.39, 0.29) is 5.78 Å². The molecule has 0 atom stereocenters. The molecular formula is C17H17NOS. The van der Waals surface area contributed by atoms with Crippen molar-refractivity contribution in [3.05, 3.63) is 53.7 Å². The summed E-state index contributed by atoms with van der Waals surface area (Å²) in [5.74, 6) is 0.107. The van der Waals surface area contributed by atoms with E-state index in [2.05, 4.69) is 17.1 Å². The van der Waals surface area contributed by atoms with Crippen LogP contribution in [0.25, 0.3) is 21.2 Å². The van der Waals surface area contributed by atoms with E-state index < -0.39 is 0 Å². The maximum Gasteiger partial charge on any atom is 0.169 e. The number of nitrogens with zero attached hydrogens (tertiary/aromatic N) is 1. The van der Waals surface area contributed by atoms with Crippen LogP contribution in [0.15, 0.2) is 48.8 Å². The zero-order chi connectivity index (χ0) is 14.5. The lowest BCUT2D eigenvalue weighted by Gasteiger charge is -2.01. The quantitative estimate of drug-likeness (QED) is 0.606. The Bertz CT molecular complexity index is 716. The third kappa shape index (κ3) is 2.78. The smallest absolute Gasteiger partial charge is 0.169 e. The second-order valence-electron chi connectivity index (χ2n) is 4.13. The van der Waals surface area contributed by atoms with Gasteiger partial charge in [-0.2, -0.15) is 0 Å². The van der Waals surface area contributed by atoms with E-state index in [0.29, 0.717) is 0 Å². The predicted molar refractivity (Wildman–Crippen MR) is 86.4 cm³/mol.